The summed E-state index contributed by atoms with van der Waals surface area (Å²) in [4.78, 5) is 24.6. The second kappa shape index (κ2) is 8.67. The molecule has 0 aliphatic heterocycles. The molecule has 0 saturated carbocycles. The van der Waals surface area contributed by atoms with Crippen LogP contribution in [0.1, 0.15) is 36.4 Å². The molecule has 126 valence electrons. The molecule has 0 unspecified atom stereocenters. The maximum Gasteiger partial charge on any atom is 0.262 e. The Kier molecular flexibility index (Phi) is 6.31. The van der Waals surface area contributed by atoms with Crippen LogP contribution in [0.2, 0.25) is 0 Å². The summed E-state index contributed by atoms with van der Waals surface area (Å²) in [6, 6.07) is 11.6. The van der Waals surface area contributed by atoms with E-state index in [0.717, 1.165) is 0 Å². The van der Waals surface area contributed by atoms with Crippen molar-refractivity contribution in [2.75, 3.05) is 0 Å². The number of amides is 2. The minimum atomic E-state index is -0.661. The first kappa shape index (κ1) is 17.5. The molecule has 6 nitrogen and oxygen atoms in total. The van der Waals surface area contributed by atoms with E-state index in [2.05, 4.69) is 15.8 Å². The van der Waals surface area contributed by atoms with Crippen LogP contribution in [0.4, 0.5) is 0 Å². The van der Waals surface area contributed by atoms with E-state index < -0.39 is 6.04 Å². The summed E-state index contributed by atoms with van der Waals surface area (Å²) in [7, 11) is 0. The average molecular weight is 327 g/mol. The van der Waals surface area contributed by atoms with E-state index in [1.54, 1.807) is 36.4 Å². The number of hydrogen-bond donors (Lipinski definition) is 2. The lowest BCUT2D eigenvalue weighted by atomic mass is 10.0. The van der Waals surface area contributed by atoms with Gasteiger partial charge in [0.15, 0.2) is 0 Å². The third-order valence-corrected chi connectivity index (χ3v) is 3.27. The molecule has 0 aliphatic carbocycles. The van der Waals surface area contributed by atoms with Crippen molar-refractivity contribution in [1.82, 2.24) is 10.7 Å². The molecule has 0 radical (unpaired) electrons. The van der Waals surface area contributed by atoms with Crippen LogP contribution in [-0.2, 0) is 4.79 Å². The van der Waals surface area contributed by atoms with Gasteiger partial charge in [0.1, 0.15) is 11.8 Å². The van der Waals surface area contributed by atoms with E-state index in [9.17, 15) is 9.59 Å². The molecule has 0 aliphatic rings. The van der Waals surface area contributed by atoms with Gasteiger partial charge in [-0.05, 0) is 36.6 Å². The Labute approximate surface area is 140 Å². The molecule has 0 bridgehead atoms. The van der Waals surface area contributed by atoms with Crippen molar-refractivity contribution in [2.24, 2.45) is 11.0 Å². The highest BCUT2D eigenvalue weighted by molar-refractivity contribution is 5.97. The highest BCUT2D eigenvalue weighted by Gasteiger charge is 2.22. The number of furan rings is 1. The number of nitrogens with zero attached hydrogens (tertiary/aromatic N) is 1. The van der Waals surface area contributed by atoms with Gasteiger partial charge in [-0.2, -0.15) is 5.10 Å². The minimum Gasteiger partial charge on any atom is -0.463 e. The van der Waals surface area contributed by atoms with Crippen LogP contribution in [0.3, 0.4) is 0 Å². The van der Waals surface area contributed by atoms with Crippen molar-refractivity contribution in [1.29, 1.82) is 0 Å². The van der Waals surface area contributed by atoms with Crippen molar-refractivity contribution in [2.45, 2.75) is 26.3 Å². The van der Waals surface area contributed by atoms with Gasteiger partial charge in [0.2, 0.25) is 0 Å². The van der Waals surface area contributed by atoms with Crippen molar-refractivity contribution in [3.05, 3.63) is 60.1 Å². The van der Waals surface area contributed by atoms with Gasteiger partial charge in [0.25, 0.3) is 11.8 Å². The lowest BCUT2D eigenvalue weighted by Crippen LogP contribution is -2.46. The van der Waals surface area contributed by atoms with Crippen LogP contribution in [0.15, 0.2) is 58.2 Å². The molecule has 24 heavy (non-hydrogen) atoms. The quantitative estimate of drug-likeness (QED) is 0.605. The fourth-order valence-electron chi connectivity index (χ4n) is 2.14. The highest BCUT2D eigenvalue weighted by atomic mass is 16.3. The monoisotopic (exact) mass is 327 g/mol. The van der Waals surface area contributed by atoms with Crippen LogP contribution in [0.25, 0.3) is 0 Å². The zero-order valence-corrected chi connectivity index (χ0v) is 13.7. The van der Waals surface area contributed by atoms with Crippen molar-refractivity contribution in [3.8, 4) is 0 Å². The van der Waals surface area contributed by atoms with E-state index in [1.165, 1.54) is 12.5 Å². The number of nitrogens with one attached hydrogen (secondary N) is 2. The highest BCUT2D eigenvalue weighted by Crippen LogP contribution is 2.07. The number of rotatable bonds is 7. The smallest absolute Gasteiger partial charge is 0.262 e. The summed E-state index contributed by atoms with van der Waals surface area (Å²) < 4.78 is 5.09. The zero-order valence-electron chi connectivity index (χ0n) is 13.7. The summed E-state index contributed by atoms with van der Waals surface area (Å²) in [5, 5.41) is 6.61. The molecular weight excluding hydrogens is 306 g/mol. The van der Waals surface area contributed by atoms with E-state index in [1.807, 2.05) is 19.9 Å². The molecule has 2 N–H and O–H groups in total. The Morgan fingerprint density at radius 2 is 1.92 bits per heavy atom. The summed E-state index contributed by atoms with van der Waals surface area (Å²) in [6.45, 7) is 3.97. The van der Waals surface area contributed by atoms with Crippen LogP contribution in [-0.4, -0.2) is 24.1 Å². The number of benzene rings is 1. The molecule has 1 atom stereocenters. The minimum absolute atomic E-state index is 0.242. The zero-order chi connectivity index (χ0) is 17.4. The molecule has 1 aromatic heterocycles. The normalized spacial score (nSPS) is 12.3. The van der Waals surface area contributed by atoms with E-state index in [0.29, 0.717) is 17.7 Å². The fraction of sp³-hybridized carbons (Fsp3) is 0.278. The maximum atomic E-state index is 12.3. The molecule has 0 spiro atoms. The summed E-state index contributed by atoms with van der Waals surface area (Å²) in [5.41, 5.74) is 2.95. The predicted molar refractivity (Wildman–Crippen MR) is 91.6 cm³/mol. The van der Waals surface area contributed by atoms with Gasteiger partial charge in [-0.15, -0.1) is 0 Å². The topological polar surface area (TPSA) is 83.7 Å². The Bertz CT molecular complexity index is 679. The number of carbonyl (C=O) groups excluding carboxylic acids is 2. The largest absolute Gasteiger partial charge is 0.463 e. The molecule has 6 heteroatoms. The maximum absolute atomic E-state index is 12.3. The van der Waals surface area contributed by atoms with Gasteiger partial charge in [-0.3, -0.25) is 9.59 Å². The molecule has 2 rings (SSSR count). The number of hydrogen-bond acceptors (Lipinski definition) is 4. The first-order chi connectivity index (χ1) is 11.6. The average Bonchev–Trinajstić information content (AvgIpc) is 3.08. The second-order valence-electron chi connectivity index (χ2n) is 5.77. The predicted octanol–water partition coefficient (Wildman–Crippen LogP) is 2.57. The first-order valence-corrected chi connectivity index (χ1v) is 7.78. The van der Waals surface area contributed by atoms with Gasteiger partial charge in [-0.25, -0.2) is 5.43 Å². The van der Waals surface area contributed by atoms with Gasteiger partial charge in [-0.1, -0.05) is 32.0 Å². The number of carbonyl (C=O) groups is 2. The fourth-order valence-corrected chi connectivity index (χ4v) is 2.14. The molecule has 1 aromatic carbocycles. The van der Waals surface area contributed by atoms with Crippen molar-refractivity contribution < 1.29 is 14.0 Å². The molecule has 0 fully saturated rings. The van der Waals surface area contributed by atoms with Crippen LogP contribution >= 0.6 is 0 Å². The number of hydrazone groups is 1. The Balaban J connectivity index is 1.98. The second-order valence-corrected chi connectivity index (χ2v) is 5.77. The summed E-state index contributed by atoms with van der Waals surface area (Å²) in [6.07, 6.45) is 3.44. The third-order valence-electron chi connectivity index (χ3n) is 3.27. The third kappa shape index (κ3) is 5.39. The van der Waals surface area contributed by atoms with Crippen molar-refractivity contribution in [3.63, 3.8) is 0 Å². The van der Waals surface area contributed by atoms with E-state index >= 15 is 0 Å². The molecule has 0 saturated heterocycles. The molecule has 1 heterocycles. The van der Waals surface area contributed by atoms with E-state index in [4.69, 9.17) is 4.42 Å². The Morgan fingerprint density at radius 3 is 2.54 bits per heavy atom. The lowest BCUT2D eigenvalue weighted by Gasteiger charge is -2.18. The van der Waals surface area contributed by atoms with Crippen LogP contribution < -0.4 is 10.7 Å². The summed E-state index contributed by atoms with van der Waals surface area (Å²) in [5.74, 6) is 0.122. The lowest BCUT2D eigenvalue weighted by molar-refractivity contribution is -0.123. The Hall–Kier alpha value is -2.89. The molecular formula is C18H21N3O3. The van der Waals surface area contributed by atoms with Crippen molar-refractivity contribution >= 4 is 18.0 Å². The van der Waals surface area contributed by atoms with Gasteiger partial charge < -0.3 is 9.73 Å². The van der Waals surface area contributed by atoms with Gasteiger partial charge >= 0.3 is 0 Å². The van der Waals surface area contributed by atoms with Gasteiger partial charge in [0.05, 0.1) is 12.5 Å². The standard InChI is InChI=1S/C18H21N3O3/c1-13(2)11-16(20-17(22)14-7-4-3-5-8-14)18(23)21-19-12-15-9-6-10-24-15/h3-10,12-13,16H,11H2,1-2H3,(H,20,22)(H,21,23)/b19-12-/t16-/m1/s1. The molecule has 2 aromatic rings. The van der Waals surface area contributed by atoms with Gasteiger partial charge in [0, 0.05) is 5.56 Å². The Morgan fingerprint density at radius 1 is 1.17 bits per heavy atom. The van der Waals surface area contributed by atoms with E-state index in [-0.39, 0.29) is 17.7 Å². The van der Waals surface area contributed by atoms with Crippen LogP contribution in [0, 0.1) is 5.92 Å². The SMILES string of the molecule is CC(C)C[C@@H](NC(=O)c1ccccc1)C(=O)N/N=C\c1ccco1. The van der Waals surface area contributed by atoms with Crippen LogP contribution in [0.5, 0.6) is 0 Å². The first-order valence-electron chi connectivity index (χ1n) is 7.78. The summed E-state index contributed by atoms with van der Waals surface area (Å²) >= 11 is 0. The molecule has 2 amide bonds.